The number of alkyl halides is 3. The van der Waals surface area contributed by atoms with E-state index in [1.54, 1.807) is 7.05 Å². The summed E-state index contributed by atoms with van der Waals surface area (Å²) in [5, 5.41) is 0. The summed E-state index contributed by atoms with van der Waals surface area (Å²) in [6.07, 6.45) is -3.55. The van der Waals surface area contributed by atoms with Crippen LogP contribution >= 0.6 is 0 Å². The summed E-state index contributed by atoms with van der Waals surface area (Å²) in [4.78, 5) is 13.3. The van der Waals surface area contributed by atoms with Crippen molar-refractivity contribution in [3.63, 3.8) is 0 Å². The molecule has 106 valence electrons. The van der Waals surface area contributed by atoms with Gasteiger partial charge >= 0.3 is 6.18 Å². The molecular weight excluding hydrogens is 257 g/mol. The van der Waals surface area contributed by atoms with Gasteiger partial charge in [0, 0.05) is 13.6 Å². The predicted octanol–water partition coefficient (Wildman–Crippen LogP) is 2.06. The topological polar surface area (TPSA) is 46.3 Å². The molecule has 1 aromatic carbocycles. The molecule has 0 aliphatic rings. The molecule has 1 aromatic rings. The van der Waals surface area contributed by atoms with Crippen LogP contribution in [0.15, 0.2) is 24.3 Å². The zero-order chi connectivity index (χ0) is 14.5. The highest BCUT2D eigenvalue weighted by molar-refractivity contribution is 5.78. The Labute approximate surface area is 110 Å². The summed E-state index contributed by atoms with van der Waals surface area (Å²) in [6.45, 7) is 1.05. The van der Waals surface area contributed by atoms with Gasteiger partial charge in [-0.25, -0.2) is 0 Å². The van der Waals surface area contributed by atoms with Crippen molar-refractivity contribution in [3.8, 4) is 0 Å². The smallest absolute Gasteiger partial charge is 0.345 e. The van der Waals surface area contributed by atoms with Gasteiger partial charge in [-0.05, 0) is 30.7 Å². The second-order valence-corrected chi connectivity index (χ2v) is 4.33. The predicted molar refractivity (Wildman–Crippen MR) is 66.5 cm³/mol. The van der Waals surface area contributed by atoms with Crippen LogP contribution in [0, 0.1) is 0 Å². The molecule has 6 heteroatoms. The number of likely N-dealkylation sites (N-methyl/N-ethyl adjacent to an activating group) is 1. The number of hydrogen-bond acceptors (Lipinski definition) is 2. The van der Waals surface area contributed by atoms with Gasteiger partial charge in [0.05, 0.1) is 12.0 Å². The molecule has 2 N–H and O–H groups in total. The first-order valence-corrected chi connectivity index (χ1v) is 5.94. The standard InChI is InChI=1S/C13H17F3N2O/c1-18(8-2-7-17)12(19)9-10-3-5-11(6-4-10)13(14,15)16/h3-6H,2,7-9,17H2,1H3. The van der Waals surface area contributed by atoms with Crippen molar-refractivity contribution in [2.24, 2.45) is 5.73 Å². The van der Waals surface area contributed by atoms with Crippen LogP contribution in [0.25, 0.3) is 0 Å². The number of halogens is 3. The molecule has 0 aromatic heterocycles. The van der Waals surface area contributed by atoms with Gasteiger partial charge in [0.2, 0.25) is 5.91 Å². The van der Waals surface area contributed by atoms with Crippen molar-refractivity contribution in [2.75, 3.05) is 20.1 Å². The van der Waals surface area contributed by atoms with Crippen molar-refractivity contribution < 1.29 is 18.0 Å². The van der Waals surface area contributed by atoms with E-state index in [0.29, 0.717) is 25.1 Å². The Bertz CT molecular complexity index is 415. The molecule has 0 atom stereocenters. The molecule has 0 spiro atoms. The third kappa shape index (κ3) is 4.90. The number of rotatable bonds is 5. The van der Waals surface area contributed by atoms with Crippen molar-refractivity contribution >= 4 is 5.91 Å². The van der Waals surface area contributed by atoms with Crippen molar-refractivity contribution in [1.29, 1.82) is 0 Å². The zero-order valence-electron chi connectivity index (χ0n) is 10.7. The summed E-state index contributed by atoms with van der Waals surface area (Å²) in [6, 6.07) is 4.64. The van der Waals surface area contributed by atoms with Crippen LogP contribution in [0.4, 0.5) is 13.2 Å². The van der Waals surface area contributed by atoms with Crippen LogP contribution in [0.3, 0.4) is 0 Å². The van der Waals surface area contributed by atoms with Crippen LogP contribution in [0.1, 0.15) is 17.5 Å². The molecule has 0 aliphatic carbocycles. The number of benzene rings is 1. The number of nitrogens with zero attached hydrogens (tertiary/aromatic N) is 1. The van der Waals surface area contributed by atoms with E-state index in [2.05, 4.69) is 0 Å². The Morgan fingerprint density at radius 1 is 1.26 bits per heavy atom. The Morgan fingerprint density at radius 3 is 2.32 bits per heavy atom. The lowest BCUT2D eigenvalue weighted by molar-refractivity contribution is -0.137. The average Bonchev–Trinajstić information content (AvgIpc) is 2.35. The maximum absolute atomic E-state index is 12.4. The van der Waals surface area contributed by atoms with Gasteiger partial charge in [-0.1, -0.05) is 12.1 Å². The minimum Gasteiger partial charge on any atom is -0.345 e. The number of nitrogens with two attached hydrogens (primary N) is 1. The second kappa shape index (κ2) is 6.56. The third-order valence-electron chi connectivity index (χ3n) is 2.76. The number of carbonyl (C=O) groups is 1. The second-order valence-electron chi connectivity index (χ2n) is 4.33. The van der Waals surface area contributed by atoms with Gasteiger partial charge in [-0.2, -0.15) is 13.2 Å². The van der Waals surface area contributed by atoms with Crippen molar-refractivity contribution in [3.05, 3.63) is 35.4 Å². The van der Waals surface area contributed by atoms with E-state index >= 15 is 0 Å². The van der Waals surface area contributed by atoms with E-state index in [1.165, 1.54) is 17.0 Å². The monoisotopic (exact) mass is 274 g/mol. The fourth-order valence-corrected chi connectivity index (χ4v) is 1.57. The molecule has 1 amide bonds. The average molecular weight is 274 g/mol. The maximum atomic E-state index is 12.4. The normalized spacial score (nSPS) is 11.4. The summed E-state index contributed by atoms with van der Waals surface area (Å²) in [5.74, 6) is -0.131. The molecule has 0 bridgehead atoms. The summed E-state index contributed by atoms with van der Waals surface area (Å²) >= 11 is 0. The highest BCUT2D eigenvalue weighted by atomic mass is 19.4. The Hall–Kier alpha value is -1.56. The Kier molecular flexibility index (Phi) is 5.35. The Balaban J connectivity index is 2.60. The van der Waals surface area contributed by atoms with Crippen LogP contribution in [-0.2, 0) is 17.4 Å². The third-order valence-corrected chi connectivity index (χ3v) is 2.76. The van der Waals surface area contributed by atoms with Gasteiger partial charge in [0.25, 0.3) is 0 Å². The van der Waals surface area contributed by atoms with E-state index in [9.17, 15) is 18.0 Å². The highest BCUT2D eigenvalue weighted by Gasteiger charge is 2.29. The quantitative estimate of drug-likeness (QED) is 0.893. The van der Waals surface area contributed by atoms with E-state index in [1.807, 2.05) is 0 Å². The fraction of sp³-hybridized carbons (Fsp3) is 0.462. The molecule has 19 heavy (non-hydrogen) atoms. The Morgan fingerprint density at radius 2 is 1.84 bits per heavy atom. The van der Waals surface area contributed by atoms with Gasteiger partial charge in [0.15, 0.2) is 0 Å². The molecule has 0 unspecified atom stereocenters. The zero-order valence-corrected chi connectivity index (χ0v) is 10.7. The number of hydrogen-bond donors (Lipinski definition) is 1. The molecule has 0 saturated heterocycles. The van der Waals surface area contributed by atoms with Crippen molar-refractivity contribution in [1.82, 2.24) is 4.90 Å². The lowest BCUT2D eigenvalue weighted by Crippen LogP contribution is -2.30. The lowest BCUT2D eigenvalue weighted by atomic mass is 10.1. The maximum Gasteiger partial charge on any atom is 0.416 e. The number of amides is 1. The minimum absolute atomic E-state index is 0.0964. The molecule has 0 radical (unpaired) electrons. The summed E-state index contributed by atoms with van der Waals surface area (Å²) in [7, 11) is 1.65. The molecule has 0 saturated carbocycles. The van der Waals surface area contributed by atoms with E-state index < -0.39 is 11.7 Å². The molecule has 0 fully saturated rings. The van der Waals surface area contributed by atoms with Gasteiger partial charge in [0.1, 0.15) is 0 Å². The van der Waals surface area contributed by atoms with Crippen LogP contribution in [-0.4, -0.2) is 30.9 Å². The highest BCUT2D eigenvalue weighted by Crippen LogP contribution is 2.29. The molecule has 1 rings (SSSR count). The van der Waals surface area contributed by atoms with Gasteiger partial charge < -0.3 is 10.6 Å². The lowest BCUT2D eigenvalue weighted by Gasteiger charge is -2.16. The molecule has 0 heterocycles. The largest absolute Gasteiger partial charge is 0.416 e. The van der Waals surface area contributed by atoms with Crippen LogP contribution in [0.2, 0.25) is 0 Å². The SMILES string of the molecule is CN(CCCN)C(=O)Cc1ccc(C(F)(F)F)cc1. The minimum atomic E-state index is -4.35. The first kappa shape index (κ1) is 15.5. The van der Waals surface area contributed by atoms with E-state index in [4.69, 9.17) is 5.73 Å². The first-order chi connectivity index (χ1) is 8.84. The fourth-order valence-electron chi connectivity index (χ4n) is 1.57. The molecule has 3 nitrogen and oxygen atoms in total. The first-order valence-electron chi connectivity index (χ1n) is 5.94. The van der Waals surface area contributed by atoms with Gasteiger partial charge in [-0.15, -0.1) is 0 Å². The van der Waals surface area contributed by atoms with Crippen LogP contribution in [0.5, 0.6) is 0 Å². The summed E-state index contributed by atoms with van der Waals surface area (Å²) in [5.41, 5.74) is 5.20. The van der Waals surface area contributed by atoms with E-state index in [-0.39, 0.29) is 12.3 Å². The molecular formula is C13H17F3N2O. The van der Waals surface area contributed by atoms with Crippen molar-refractivity contribution in [2.45, 2.75) is 19.0 Å². The molecule has 0 aliphatic heterocycles. The van der Waals surface area contributed by atoms with Gasteiger partial charge in [-0.3, -0.25) is 4.79 Å². The number of carbonyl (C=O) groups excluding carboxylic acids is 1. The van der Waals surface area contributed by atoms with Crippen LogP contribution < -0.4 is 5.73 Å². The summed E-state index contributed by atoms with van der Waals surface area (Å²) < 4.78 is 37.1. The van der Waals surface area contributed by atoms with E-state index in [0.717, 1.165) is 12.1 Å².